The monoisotopic (exact) mass is 518 g/mol. The van der Waals surface area contributed by atoms with Crippen molar-refractivity contribution in [3.63, 3.8) is 0 Å². The van der Waals surface area contributed by atoms with Crippen LogP contribution in [0.5, 0.6) is 5.75 Å². The molecule has 0 bridgehead atoms. The van der Waals surface area contributed by atoms with Crippen molar-refractivity contribution in [1.29, 1.82) is 0 Å². The number of hydrogen-bond donors (Lipinski definition) is 1. The minimum Gasteiger partial charge on any atom is -0.492 e. The van der Waals surface area contributed by atoms with Crippen LogP contribution in [0.4, 0.5) is 17.3 Å². The average molecular weight is 519 g/mol. The number of benzene rings is 1. The number of piperazine rings is 1. The molecule has 0 radical (unpaired) electrons. The average Bonchev–Trinajstić information content (AvgIpc) is 2.82. The lowest BCUT2D eigenvalue weighted by atomic mass is 10.3. The van der Waals surface area contributed by atoms with Gasteiger partial charge < -0.3 is 15.0 Å². The van der Waals surface area contributed by atoms with Gasteiger partial charge in [0, 0.05) is 36.8 Å². The van der Waals surface area contributed by atoms with E-state index >= 15 is 0 Å². The predicted octanol–water partition coefficient (Wildman–Crippen LogP) is 3.29. The van der Waals surface area contributed by atoms with E-state index < -0.39 is 10.0 Å². The van der Waals surface area contributed by atoms with Crippen LogP contribution in [-0.4, -0.2) is 60.7 Å². The molecule has 3 aromatic rings. The fourth-order valence-electron chi connectivity index (χ4n) is 3.40. The van der Waals surface area contributed by atoms with Gasteiger partial charge in [0.1, 0.15) is 10.6 Å². The van der Waals surface area contributed by atoms with E-state index in [4.69, 9.17) is 4.74 Å². The normalized spacial score (nSPS) is 14.9. The van der Waals surface area contributed by atoms with Crippen LogP contribution in [0.15, 0.2) is 64.2 Å². The number of anilines is 3. The Morgan fingerprint density at radius 1 is 1.09 bits per heavy atom. The predicted molar refractivity (Wildman–Crippen MR) is 126 cm³/mol. The Kier molecular flexibility index (Phi) is 6.87. The Labute approximate surface area is 195 Å². The molecule has 0 aliphatic carbocycles. The van der Waals surface area contributed by atoms with Gasteiger partial charge in [-0.3, -0.25) is 4.98 Å². The van der Waals surface area contributed by atoms with Crippen molar-refractivity contribution >= 4 is 43.3 Å². The maximum Gasteiger partial charge on any atom is 0.246 e. The molecular formula is C21H23BrN6O3S. The summed E-state index contributed by atoms with van der Waals surface area (Å²) < 4.78 is 34.2. The zero-order valence-corrected chi connectivity index (χ0v) is 19.9. The zero-order chi connectivity index (χ0) is 22.6. The first kappa shape index (κ1) is 22.4. The number of hydrogen-bond acceptors (Lipinski definition) is 8. The third-order valence-electron chi connectivity index (χ3n) is 4.97. The molecule has 0 amide bonds. The van der Waals surface area contributed by atoms with Crippen LogP contribution in [-0.2, 0) is 10.0 Å². The molecule has 3 heterocycles. The molecule has 1 fully saturated rings. The molecule has 1 aliphatic heterocycles. The highest BCUT2D eigenvalue weighted by molar-refractivity contribution is 9.10. The standard InChI is InChI=1S/C21H23BrN6O3S/c1-2-31-18-6-5-16(22)14-19(18)32(29,30)28-12-10-27(11-13-28)21-8-7-20(25-26-21)24-17-4-3-9-23-15-17/h3-9,14-15H,2,10-13H2,1H3,(H,24,25). The Bertz CT molecular complexity index is 1150. The second kappa shape index (κ2) is 9.80. The molecule has 168 valence electrons. The van der Waals surface area contributed by atoms with Crippen LogP contribution in [0.25, 0.3) is 0 Å². The Balaban J connectivity index is 1.42. The summed E-state index contributed by atoms with van der Waals surface area (Å²) in [5.41, 5.74) is 0.826. The molecule has 9 nitrogen and oxygen atoms in total. The summed E-state index contributed by atoms with van der Waals surface area (Å²) in [4.78, 5) is 6.26. The summed E-state index contributed by atoms with van der Waals surface area (Å²) in [6, 6.07) is 12.5. The highest BCUT2D eigenvalue weighted by Crippen LogP contribution is 2.31. The van der Waals surface area contributed by atoms with Gasteiger partial charge in [-0.1, -0.05) is 15.9 Å². The van der Waals surface area contributed by atoms with E-state index in [9.17, 15) is 8.42 Å². The number of ether oxygens (including phenoxy) is 1. The lowest BCUT2D eigenvalue weighted by Gasteiger charge is -2.34. The van der Waals surface area contributed by atoms with Crippen molar-refractivity contribution < 1.29 is 13.2 Å². The van der Waals surface area contributed by atoms with Gasteiger partial charge in [-0.25, -0.2) is 8.42 Å². The van der Waals surface area contributed by atoms with Gasteiger partial charge in [-0.15, -0.1) is 10.2 Å². The first-order valence-corrected chi connectivity index (χ1v) is 12.4. The Morgan fingerprint density at radius 2 is 1.91 bits per heavy atom. The van der Waals surface area contributed by atoms with Crippen molar-refractivity contribution in [1.82, 2.24) is 19.5 Å². The second-order valence-electron chi connectivity index (χ2n) is 7.06. The molecule has 1 aliphatic rings. The molecule has 32 heavy (non-hydrogen) atoms. The SMILES string of the molecule is CCOc1ccc(Br)cc1S(=O)(=O)N1CCN(c2ccc(Nc3cccnc3)nn2)CC1. The van der Waals surface area contributed by atoms with E-state index in [0.717, 1.165) is 5.69 Å². The molecule has 1 aromatic carbocycles. The highest BCUT2D eigenvalue weighted by Gasteiger charge is 2.31. The molecule has 1 saturated heterocycles. The van der Waals surface area contributed by atoms with Gasteiger partial charge in [0.25, 0.3) is 0 Å². The third kappa shape index (κ3) is 5.00. The maximum atomic E-state index is 13.3. The van der Waals surface area contributed by atoms with Crippen molar-refractivity contribution in [2.75, 3.05) is 43.0 Å². The summed E-state index contributed by atoms with van der Waals surface area (Å²) in [5.74, 6) is 1.68. The van der Waals surface area contributed by atoms with E-state index in [1.807, 2.05) is 36.1 Å². The Hall–Kier alpha value is -2.76. The molecular weight excluding hydrogens is 496 g/mol. The number of halogens is 1. The van der Waals surface area contributed by atoms with Crippen molar-refractivity contribution in [2.45, 2.75) is 11.8 Å². The van der Waals surface area contributed by atoms with E-state index in [2.05, 4.69) is 36.4 Å². The van der Waals surface area contributed by atoms with Crippen LogP contribution < -0.4 is 15.0 Å². The number of nitrogens with one attached hydrogen (secondary N) is 1. The number of nitrogens with zero attached hydrogens (tertiary/aromatic N) is 5. The van der Waals surface area contributed by atoms with Crippen LogP contribution in [0.2, 0.25) is 0 Å². The molecule has 0 atom stereocenters. The van der Waals surface area contributed by atoms with Gasteiger partial charge in [0.2, 0.25) is 10.0 Å². The lowest BCUT2D eigenvalue weighted by Crippen LogP contribution is -2.49. The van der Waals surface area contributed by atoms with Gasteiger partial charge in [0.05, 0.1) is 18.5 Å². The topological polar surface area (TPSA) is 101 Å². The molecule has 0 spiro atoms. The minimum absolute atomic E-state index is 0.174. The second-order valence-corrected chi connectivity index (χ2v) is 9.88. The van der Waals surface area contributed by atoms with Crippen LogP contribution in [0, 0.1) is 0 Å². The molecule has 2 aromatic heterocycles. The molecule has 1 N–H and O–H groups in total. The van der Waals surface area contributed by atoms with E-state index in [1.54, 1.807) is 30.6 Å². The summed E-state index contributed by atoms with van der Waals surface area (Å²) in [6.07, 6.45) is 3.41. The first-order chi connectivity index (χ1) is 15.5. The van der Waals surface area contributed by atoms with Gasteiger partial charge in [0.15, 0.2) is 11.6 Å². The van der Waals surface area contributed by atoms with Crippen LogP contribution >= 0.6 is 15.9 Å². The number of sulfonamides is 1. The third-order valence-corrected chi connectivity index (χ3v) is 7.38. The summed E-state index contributed by atoms with van der Waals surface area (Å²) in [7, 11) is -3.68. The highest BCUT2D eigenvalue weighted by atomic mass is 79.9. The summed E-state index contributed by atoms with van der Waals surface area (Å²) in [5, 5.41) is 11.7. The molecule has 0 unspecified atom stereocenters. The van der Waals surface area contributed by atoms with Crippen molar-refractivity contribution in [3.8, 4) is 5.75 Å². The quantitative estimate of drug-likeness (QED) is 0.508. The largest absolute Gasteiger partial charge is 0.492 e. The fraction of sp³-hybridized carbons (Fsp3) is 0.286. The summed E-state index contributed by atoms with van der Waals surface area (Å²) >= 11 is 3.36. The van der Waals surface area contributed by atoms with Crippen LogP contribution in [0.3, 0.4) is 0 Å². The van der Waals surface area contributed by atoms with Crippen molar-refractivity contribution in [3.05, 3.63) is 59.3 Å². The number of rotatable bonds is 7. The van der Waals surface area contributed by atoms with Gasteiger partial charge >= 0.3 is 0 Å². The van der Waals surface area contributed by atoms with E-state index in [0.29, 0.717) is 54.6 Å². The molecule has 11 heteroatoms. The Morgan fingerprint density at radius 3 is 2.56 bits per heavy atom. The van der Waals surface area contributed by atoms with Crippen LogP contribution in [0.1, 0.15) is 6.92 Å². The first-order valence-electron chi connectivity index (χ1n) is 10.2. The molecule has 4 rings (SSSR count). The minimum atomic E-state index is -3.68. The van der Waals surface area contributed by atoms with Crippen molar-refractivity contribution in [2.24, 2.45) is 0 Å². The van der Waals surface area contributed by atoms with Gasteiger partial charge in [-0.2, -0.15) is 4.31 Å². The van der Waals surface area contributed by atoms with Gasteiger partial charge in [-0.05, 0) is 49.4 Å². The fourth-order valence-corrected chi connectivity index (χ4v) is 5.49. The summed E-state index contributed by atoms with van der Waals surface area (Å²) in [6.45, 7) is 3.94. The maximum absolute atomic E-state index is 13.3. The molecule has 0 saturated carbocycles. The number of pyridine rings is 1. The smallest absolute Gasteiger partial charge is 0.246 e. The lowest BCUT2D eigenvalue weighted by molar-refractivity contribution is 0.327. The van der Waals surface area contributed by atoms with E-state index in [-0.39, 0.29) is 4.90 Å². The zero-order valence-electron chi connectivity index (χ0n) is 17.5. The number of aromatic nitrogens is 3. The van der Waals surface area contributed by atoms with E-state index in [1.165, 1.54) is 4.31 Å².